The van der Waals surface area contributed by atoms with E-state index in [2.05, 4.69) is 20.0 Å². The predicted octanol–water partition coefficient (Wildman–Crippen LogP) is 2.77. The molecule has 148 valence electrons. The smallest absolute Gasteiger partial charge is 0.254 e. The summed E-state index contributed by atoms with van der Waals surface area (Å²) in [5.74, 6) is 1.96. The van der Waals surface area contributed by atoms with Gasteiger partial charge in [-0.2, -0.15) is 4.98 Å². The average molecular weight is 383 g/mol. The summed E-state index contributed by atoms with van der Waals surface area (Å²) >= 11 is 0. The fraction of sp³-hybridized carbons (Fsp3) is 0.500. The number of benzene rings is 1. The largest absolute Gasteiger partial charge is 0.441 e. The highest BCUT2D eigenvalue weighted by Gasteiger charge is 2.25. The molecule has 0 bridgehead atoms. The molecule has 3 heterocycles. The molecule has 0 radical (unpaired) electrons. The molecule has 1 aromatic carbocycles. The first-order valence-electron chi connectivity index (χ1n) is 9.51. The molecule has 0 unspecified atom stereocenters. The quantitative estimate of drug-likeness (QED) is 0.687. The van der Waals surface area contributed by atoms with E-state index in [-0.39, 0.29) is 11.3 Å². The number of nitrogens with zero attached hydrogens (tertiary/aromatic N) is 5. The summed E-state index contributed by atoms with van der Waals surface area (Å²) in [4.78, 5) is 25.7. The van der Waals surface area contributed by atoms with E-state index in [0.29, 0.717) is 48.4 Å². The maximum absolute atomic E-state index is 12.8. The lowest BCUT2D eigenvalue weighted by Gasteiger charge is -2.34. The highest BCUT2D eigenvalue weighted by molar-refractivity contribution is 5.97. The third-order valence-electron chi connectivity index (χ3n) is 4.88. The van der Waals surface area contributed by atoms with Gasteiger partial charge in [0.2, 0.25) is 5.89 Å². The van der Waals surface area contributed by atoms with Crippen LogP contribution in [0.15, 0.2) is 27.1 Å². The Bertz CT molecular complexity index is 993. The predicted molar refractivity (Wildman–Crippen MR) is 103 cm³/mol. The molecule has 1 saturated heterocycles. The van der Waals surface area contributed by atoms with Gasteiger partial charge in [0.05, 0.1) is 6.54 Å². The zero-order valence-corrected chi connectivity index (χ0v) is 16.7. The number of oxazole rings is 1. The lowest BCUT2D eigenvalue weighted by Crippen LogP contribution is -2.48. The molecule has 8 nitrogen and oxygen atoms in total. The third kappa shape index (κ3) is 3.77. The van der Waals surface area contributed by atoms with E-state index in [1.54, 1.807) is 13.0 Å². The van der Waals surface area contributed by atoms with Gasteiger partial charge in [-0.25, -0.2) is 4.98 Å². The zero-order valence-electron chi connectivity index (χ0n) is 16.7. The fourth-order valence-corrected chi connectivity index (χ4v) is 3.29. The first-order chi connectivity index (χ1) is 13.3. The fourth-order valence-electron chi connectivity index (χ4n) is 3.29. The van der Waals surface area contributed by atoms with Gasteiger partial charge < -0.3 is 13.8 Å². The van der Waals surface area contributed by atoms with Gasteiger partial charge in [0.1, 0.15) is 5.52 Å². The molecule has 1 fully saturated rings. The number of aromatic nitrogens is 3. The number of rotatable bonds is 3. The van der Waals surface area contributed by atoms with Crippen LogP contribution in [-0.4, -0.2) is 57.0 Å². The summed E-state index contributed by atoms with van der Waals surface area (Å²) < 4.78 is 10.9. The number of hydrogen-bond donors (Lipinski definition) is 0. The number of fused-ring (bicyclic) bond motifs is 1. The highest BCUT2D eigenvalue weighted by atomic mass is 16.5. The van der Waals surface area contributed by atoms with E-state index in [4.69, 9.17) is 8.94 Å². The number of piperazine rings is 1. The Kier molecular flexibility index (Phi) is 4.66. The molecule has 0 N–H and O–H groups in total. The van der Waals surface area contributed by atoms with Gasteiger partial charge in [0.25, 0.3) is 5.91 Å². The van der Waals surface area contributed by atoms with Gasteiger partial charge in [0.15, 0.2) is 17.3 Å². The van der Waals surface area contributed by atoms with E-state index in [1.807, 2.05) is 37.8 Å². The Hall–Kier alpha value is -2.74. The lowest BCUT2D eigenvalue weighted by atomic mass is 9.97. The maximum Gasteiger partial charge on any atom is 0.254 e. The molecule has 1 aliphatic rings. The molecule has 28 heavy (non-hydrogen) atoms. The van der Waals surface area contributed by atoms with Gasteiger partial charge in [-0.1, -0.05) is 25.9 Å². The van der Waals surface area contributed by atoms with Gasteiger partial charge in [-0.05, 0) is 18.2 Å². The summed E-state index contributed by atoms with van der Waals surface area (Å²) in [6.45, 7) is 11.4. The summed E-state index contributed by atoms with van der Waals surface area (Å²) in [6, 6.07) is 5.42. The number of aryl methyl sites for hydroxylation is 1. The van der Waals surface area contributed by atoms with Crippen LogP contribution in [0.4, 0.5) is 0 Å². The maximum atomic E-state index is 12.8. The normalized spacial score (nSPS) is 16.1. The molecule has 8 heteroatoms. The molecule has 0 aliphatic carbocycles. The first-order valence-corrected chi connectivity index (χ1v) is 9.51. The number of hydrogen-bond acceptors (Lipinski definition) is 7. The van der Waals surface area contributed by atoms with Crippen molar-refractivity contribution in [2.45, 2.75) is 39.7 Å². The molecule has 2 aromatic heterocycles. The number of carbonyl (C=O) groups excluding carboxylic acids is 1. The molecule has 1 amide bonds. The van der Waals surface area contributed by atoms with Crippen molar-refractivity contribution in [2.75, 3.05) is 26.2 Å². The minimum atomic E-state index is -0.153. The van der Waals surface area contributed by atoms with E-state index >= 15 is 0 Å². The first kappa shape index (κ1) is 18.6. The zero-order chi connectivity index (χ0) is 19.9. The Balaban J connectivity index is 1.36. The van der Waals surface area contributed by atoms with Crippen LogP contribution in [-0.2, 0) is 12.0 Å². The van der Waals surface area contributed by atoms with Gasteiger partial charge in [-0.15, -0.1) is 0 Å². The van der Waals surface area contributed by atoms with Crippen LogP contribution in [0.1, 0.15) is 48.7 Å². The van der Waals surface area contributed by atoms with E-state index < -0.39 is 0 Å². The second-order valence-corrected chi connectivity index (χ2v) is 8.25. The topological polar surface area (TPSA) is 88.5 Å². The molecule has 4 rings (SSSR count). The van der Waals surface area contributed by atoms with Crippen LogP contribution in [0.5, 0.6) is 0 Å². The SMILES string of the molecule is Cc1nc2ccc(C(=O)N3CCN(Cc4noc(C(C)(C)C)n4)CC3)cc2o1. The molecular weight excluding hydrogens is 358 g/mol. The van der Waals surface area contributed by atoms with E-state index in [9.17, 15) is 4.79 Å². The Morgan fingerprint density at radius 1 is 1.14 bits per heavy atom. The monoisotopic (exact) mass is 383 g/mol. The standard InChI is InChI=1S/C20H25N5O3/c1-13-21-15-6-5-14(11-16(15)27-13)18(26)25-9-7-24(8-10-25)12-17-22-19(28-23-17)20(2,3)4/h5-6,11H,7-10,12H2,1-4H3. The lowest BCUT2D eigenvalue weighted by molar-refractivity contribution is 0.0624. The molecule has 0 atom stereocenters. The Morgan fingerprint density at radius 2 is 1.89 bits per heavy atom. The van der Waals surface area contributed by atoms with Crippen LogP contribution >= 0.6 is 0 Å². The minimum Gasteiger partial charge on any atom is -0.441 e. The molecule has 0 saturated carbocycles. The van der Waals surface area contributed by atoms with Crippen molar-refractivity contribution in [1.29, 1.82) is 0 Å². The second kappa shape index (κ2) is 7.01. The summed E-state index contributed by atoms with van der Waals surface area (Å²) in [5.41, 5.74) is 1.90. The third-order valence-corrected chi connectivity index (χ3v) is 4.88. The molecular formula is C20H25N5O3. The number of carbonyl (C=O) groups is 1. The Labute approximate surface area is 163 Å². The van der Waals surface area contributed by atoms with Crippen molar-refractivity contribution in [3.63, 3.8) is 0 Å². The van der Waals surface area contributed by atoms with Crippen LogP contribution in [0, 0.1) is 6.92 Å². The molecule has 3 aromatic rings. The van der Waals surface area contributed by atoms with Crippen molar-refractivity contribution in [3.8, 4) is 0 Å². The Morgan fingerprint density at radius 3 is 2.57 bits per heavy atom. The van der Waals surface area contributed by atoms with Gasteiger partial charge in [-0.3, -0.25) is 9.69 Å². The van der Waals surface area contributed by atoms with Crippen molar-refractivity contribution in [3.05, 3.63) is 41.4 Å². The van der Waals surface area contributed by atoms with E-state index in [1.165, 1.54) is 0 Å². The number of amides is 1. The highest BCUT2D eigenvalue weighted by Crippen LogP contribution is 2.21. The van der Waals surface area contributed by atoms with Crippen LogP contribution < -0.4 is 0 Å². The second-order valence-electron chi connectivity index (χ2n) is 8.25. The molecule has 1 aliphatic heterocycles. The van der Waals surface area contributed by atoms with E-state index in [0.717, 1.165) is 18.6 Å². The minimum absolute atomic E-state index is 0.0187. The van der Waals surface area contributed by atoms with Crippen LogP contribution in [0.25, 0.3) is 11.1 Å². The van der Waals surface area contributed by atoms with Crippen LogP contribution in [0.3, 0.4) is 0 Å². The van der Waals surface area contributed by atoms with Crippen molar-refractivity contribution in [2.24, 2.45) is 0 Å². The van der Waals surface area contributed by atoms with Gasteiger partial charge >= 0.3 is 0 Å². The van der Waals surface area contributed by atoms with Crippen molar-refractivity contribution in [1.82, 2.24) is 24.9 Å². The summed E-state index contributed by atoms with van der Waals surface area (Å²) in [6.07, 6.45) is 0. The van der Waals surface area contributed by atoms with Crippen LogP contribution in [0.2, 0.25) is 0 Å². The average Bonchev–Trinajstić information content (AvgIpc) is 3.26. The van der Waals surface area contributed by atoms with Gasteiger partial charge in [0, 0.05) is 44.1 Å². The van der Waals surface area contributed by atoms with Crippen molar-refractivity contribution < 1.29 is 13.7 Å². The van der Waals surface area contributed by atoms with Crippen molar-refractivity contribution >= 4 is 17.0 Å². The molecule has 0 spiro atoms. The summed E-state index contributed by atoms with van der Waals surface area (Å²) in [5, 5.41) is 4.08. The summed E-state index contributed by atoms with van der Waals surface area (Å²) in [7, 11) is 0.